The van der Waals surface area contributed by atoms with Gasteiger partial charge in [0, 0.05) is 44.9 Å². The summed E-state index contributed by atoms with van der Waals surface area (Å²) in [5, 5.41) is 16.5. The molecule has 8 heteroatoms. The first-order chi connectivity index (χ1) is 11.1. The third kappa shape index (κ3) is 6.21. The Kier molecular flexibility index (Phi) is 6.76. The van der Waals surface area contributed by atoms with Crippen molar-refractivity contribution < 1.29 is 14.5 Å². The maximum absolute atomic E-state index is 11.6. The minimum atomic E-state index is -0.469. The van der Waals surface area contributed by atoms with E-state index in [1.165, 1.54) is 12.1 Å². The van der Waals surface area contributed by atoms with Gasteiger partial charge in [0.15, 0.2) is 0 Å². The van der Waals surface area contributed by atoms with Crippen molar-refractivity contribution in [1.29, 1.82) is 0 Å². The molecule has 1 aromatic carbocycles. The summed E-state index contributed by atoms with van der Waals surface area (Å²) in [7, 11) is 0. The summed E-state index contributed by atoms with van der Waals surface area (Å²) >= 11 is 0. The normalized spacial score (nSPS) is 15.1. The van der Waals surface area contributed by atoms with Gasteiger partial charge in [-0.25, -0.2) is 4.79 Å². The second kappa shape index (κ2) is 9.06. The van der Waals surface area contributed by atoms with E-state index in [0.717, 1.165) is 39.1 Å². The van der Waals surface area contributed by atoms with E-state index >= 15 is 0 Å². The summed E-state index contributed by atoms with van der Waals surface area (Å²) in [4.78, 5) is 24.0. The zero-order valence-corrected chi connectivity index (χ0v) is 13.0. The molecule has 1 heterocycles. The second-order valence-electron chi connectivity index (χ2n) is 5.37. The lowest BCUT2D eigenvalue weighted by atomic mass is 10.2. The van der Waals surface area contributed by atoms with E-state index in [4.69, 9.17) is 4.74 Å². The molecule has 1 amide bonds. The van der Waals surface area contributed by atoms with E-state index < -0.39 is 11.0 Å². The van der Waals surface area contributed by atoms with Crippen LogP contribution in [0, 0.1) is 10.1 Å². The van der Waals surface area contributed by atoms with Gasteiger partial charge in [0.05, 0.1) is 4.92 Å². The van der Waals surface area contributed by atoms with Gasteiger partial charge >= 0.3 is 6.09 Å². The number of hydrogen-bond donors (Lipinski definition) is 2. The number of alkyl carbamates (subject to hydrolysis) is 1. The topological polar surface area (TPSA) is 96.7 Å². The minimum Gasteiger partial charge on any atom is -0.445 e. The first-order valence-corrected chi connectivity index (χ1v) is 7.72. The van der Waals surface area contributed by atoms with Crippen molar-refractivity contribution in [3.05, 3.63) is 39.9 Å². The monoisotopic (exact) mass is 322 g/mol. The highest BCUT2D eigenvalue weighted by Gasteiger charge is 2.09. The molecular formula is C15H22N4O4. The van der Waals surface area contributed by atoms with Crippen molar-refractivity contribution in [2.45, 2.75) is 13.0 Å². The lowest BCUT2D eigenvalue weighted by Gasteiger charge is -2.26. The van der Waals surface area contributed by atoms with Gasteiger partial charge < -0.3 is 20.3 Å². The highest BCUT2D eigenvalue weighted by molar-refractivity contribution is 5.67. The van der Waals surface area contributed by atoms with E-state index in [-0.39, 0.29) is 12.3 Å². The largest absolute Gasteiger partial charge is 0.445 e. The van der Waals surface area contributed by atoms with E-state index in [1.54, 1.807) is 12.1 Å². The molecule has 0 aromatic heterocycles. The molecule has 2 N–H and O–H groups in total. The summed E-state index contributed by atoms with van der Waals surface area (Å²) in [6.07, 6.45) is 0.413. The van der Waals surface area contributed by atoms with Gasteiger partial charge in [0.2, 0.25) is 0 Å². The molecule has 23 heavy (non-hydrogen) atoms. The number of carbonyl (C=O) groups excluding carboxylic acids is 1. The molecule has 1 fully saturated rings. The molecule has 0 radical (unpaired) electrons. The number of non-ortho nitro benzene ring substituents is 1. The Balaban J connectivity index is 1.58. The number of nitro benzene ring substituents is 1. The fraction of sp³-hybridized carbons (Fsp3) is 0.533. The fourth-order valence-corrected chi connectivity index (χ4v) is 2.34. The lowest BCUT2D eigenvalue weighted by molar-refractivity contribution is -0.384. The number of ether oxygens (including phenoxy) is 1. The minimum absolute atomic E-state index is 0.0196. The number of carbonyl (C=O) groups is 1. The summed E-state index contributed by atoms with van der Waals surface area (Å²) in [5.74, 6) is 0. The van der Waals surface area contributed by atoms with Crippen LogP contribution >= 0.6 is 0 Å². The van der Waals surface area contributed by atoms with Crippen LogP contribution in [0.25, 0.3) is 0 Å². The second-order valence-corrected chi connectivity index (χ2v) is 5.37. The van der Waals surface area contributed by atoms with Crippen molar-refractivity contribution in [2.75, 3.05) is 39.3 Å². The van der Waals surface area contributed by atoms with Crippen LogP contribution in [-0.2, 0) is 11.3 Å². The molecule has 1 aliphatic rings. The van der Waals surface area contributed by atoms with Crippen LogP contribution < -0.4 is 10.6 Å². The fourth-order valence-electron chi connectivity index (χ4n) is 2.34. The smallest absolute Gasteiger partial charge is 0.407 e. The van der Waals surface area contributed by atoms with Crippen molar-refractivity contribution in [3.8, 4) is 0 Å². The van der Waals surface area contributed by atoms with Crippen LogP contribution in [-0.4, -0.2) is 55.2 Å². The SMILES string of the molecule is O=C(NCCCN1CCNCC1)OCc1ccc([N+](=O)[O-])cc1. The third-order valence-corrected chi connectivity index (χ3v) is 3.65. The van der Waals surface area contributed by atoms with Crippen molar-refractivity contribution >= 4 is 11.8 Å². The predicted octanol–water partition coefficient (Wildman–Crippen LogP) is 1.12. The molecule has 1 saturated heterocycles. The average Bonchev–Trinajstić information content (AvgIpc) is 2.58. The first kappa shape index (κ1) is 17.2. The van der Waals surface area contributed by atoms with Gasteiger partial charge in [-0.1, -0.05) is 0 Å². The molecule has 0 atom stereocenters. The highest BCUT2D eigenvalue weighted by atomic mass is 16.6. The summed E-state index contributed by atoms with van der Waals surface area (Å²) in [6.45, 7) is 5.76. The van der Waals surface area contributed by atoms with Crippen molar-refractivity contribution in [2.24, 2.45) is 0 Å². The van der Waals surface area contributed by atoms with E-state index in [9.17, 15) is 14.9 Å². The summed E-state index contributed by atoms with van der Waals surface area (Å²) in [6, 6.07) is 5.94. The van der Waals surface area contributed by atoms with Crippen LogP contribution in [0.3, 0.4) is 0 Å². The number of piperazine rings is 1. The highest BCUT2D eigenvalue weighted by Crippen LogP contribution is 2.12. The van der Waals surface area contributed by atoms with Crippen LogP contribution in [0.15, 0.2) is 24.3 Å². The first-order valence-electron chi connectivity index (χ1n) is 7.72. The molecule has 0 saturated carbocycles. The Morgan fingerprint density at radius 2 is 2.00 bits per heavy atom. The van der Waals surface area contributed by atoms with Crippen molar-refractivity contribution in [3.63, 3.8) is 0 Å². The van der Waals surface area contributed by atoms with Crippen LogP contribution in [0.1, 0.15) is 12.0 Å². The number of amides is 1. The van der Waals surface area contributed by atoms with Gasteiger partial charge in [0.1, 0.15) is 6.61 Å². The predicted molar refractivity (Wildman–Crippen MR) is 85.2 cm³/mol. The van der Waals surface area contributed by atoms with Gasteiger partial charge in [-0.2, -0.15) is 0 Å². The Morgan fingerprint density at radius 1 is 1.30 bits per heavy atom. The van der Waals surface area contributed by atoms with Crippen LogP contribution in [0.2, 0.25) is 0 Å². The molecular weight excluding hydrogens is 300 g/mol. The van der Waals surface area contributed by atoms with Gasteiger partial charge in [-0.3, -0.25) is 10.1 Å². The zero-order chi connectivity index (χ0) is 16.5. The molecule has 126 valence electrons. The number of nitrogens with zero attached hydrogens (tertiary/aromatic N) is 2. The van der Waals surface area contributed by atoms with Crippen LogP contribution in [0.4, 0.5) is 10.5 Å². The van der Waals surface area contributed by atoms with Crippen molar-refractivity contribution in [1.82, 2.24) is 15.5 Å². The Morgan fingerprint density at radius 3 is 2.65 bits per heavy atom. The Hall–Kier alpha value is -2.19. The maximum Gasteiger partial charge on any atom is 0.407 e. The standard InChI is InChI=1S/C15H22N4O4/c20-15(17-6-1-9-18-10-7-16-8-11-18)23-12-13-2-4-14(5-3-13)19(21)22/h2-5,16H,1,6-12H2,(H,17,20). The van der Waals surface area contributed by atoms with Crippen LogP contribution in [0.5, 0.6) is 0 Å². The van der Waals surface area contributed by atoms with Gasteiger partial charge in [0.25, 0.3) is 5.69 Å². The molecule has 1 aromatic rings. The number of nitro groups is 1. The maximum atomic E-state index is 11.6. The summed E-state index contributed by atoms with van der Waals surface area (Å²) < 4.78 is 5.08. The van der Waals surface area contributed by atoms with Gasteiger partial charge in [-0.05, 0) is 30.7 Å². The lowest BCUT2D eigenvalue weighted by Crippen LogP contribution is -2.44. The average molecular weight is 322 g/mol. The number of nitrogens with one attached hydrogen (secondary N) is 2. The Bertz CT molecular complexity index is 515. The molecule has 0 spiro atoms. The molecule has 1 aliphatic heterocycles. The van der Waals surface area contributed by atoms with E-state index in [0.29, 0.717) is 12.1 Å². The zero-order valence-electron chi connectivity index (χ0n) is 13.0. The third-order valence-electron chi connectivity index (χ3n) is 3.65. The molecule has 0 aliphatic carbocycles. The number of hydrogen-bond acceptors (Lipinski definition) is 6. The van der Waals surface area contributed by atoms with E-state index in [2.05, 4.69) is 15.5 Å². The molecule has 0 bridgehead atoms. The molecule has 0 unspecified atom stereocenters. The number of rotatable bonds is 7. The quantitative estimate of drug-likeness (QED) is 0.443. The molecule has 2 rings (SSSR count). The number of benzene rings is 1. The summed E-state index contributed by atoms with van der Waals surface area (Å²) in [5.41, 5.74) is 0.734. The van der Waals surface area contributed by atoms with Gasteiger partial charge in [-0.15, -0.1) is 0 Å². The van der Waals surface area contributed by atoms with E-state index in [1.807, 2.05) is 0 Å². The molecule has 8 nitrogen and oxygen atoms in total. The Labute approximate surface area is 134 Å².